The lowest BCUT2D eigenvalue weighted by Gasteiger charge is -2.39. The van der Waals surface area contributed by atoms with Crippen molar-refractivity contribution in [2.75, 3.05) is 24.5 Å². The maximum absolute atomic E-state index is 3.57. The van der Waals surface area contributed by atoms with Crippen molar-refractivity contribution in [1.29, 1.82) is 0 Å². The third kappa shape index (κ3) is 4.24. The van der Waals surface area contributed by atoms with Crippen LogP contribution in [0.5, 0.6) is 0 Å². The fourth-order valence-corrected chi connectivity index (χ4v) is 2.82. The third-order valence-electron chi connectivity index (χ3n) is 4.32. The zero-order valence-corrected chi connectivity index (χ0v) is 13.6. The Bertz CT molecular complexity index is 413. The Balaban J connectivity index is 2.01. The minimum atomic E-state index is 0.515. The predicted molar refractivity (Wildman–Crippen MR) is 88.2 cm³/mol. The van der Waals surface area contributed by atoms with E-state index in [0.717, 1.165) is 13.1 Å². The van der Waals surface area contributed by atoms with E-state index in [1.54, 1.807) is 0 Å². The summed E-state index contributed by atoms with van der Waals surface area (Å²) in [5.41, 5.74) is 3.38. The van der Waals surface area contributed by atoms with Crippen LogP contribution in [0.2, 0.25) is 0 Å². The van der Waals surface area contributed by atoms with Gasteiger partial charge in [0.15, 0.2) is 0 Å². The summed E-state index contributed by atoms with van der Waals surface area (Å²) in [6.07, 6.45) is 2.58. The molecule has 0 atom stereocenters. The number of para-hydroxylation sites is 1. The van der Waals surface area contributed by atoms with Gasteiger partial charge in [-0.1, -0.05) is 45.9 Å². The molecule has 0 radical (unpaired) electrons. The van der Waals surface area contributed by atoms with Gasteiger partial charge in [0, 0.05) is 25.3 Å². The molecular weight excluding hydrogens is 244 g/mol. The summed E-state index contributed by atoms with van der Waals surface area (Å²) >= 11 is 0. The number of nitrogens with one attached hydrogen (secondary N) is 1. The Morgan fingerprint density at radius 2 is 1.80 bits per heavy atom. The Morgan fingerprint density at radius 1 is 1.15 bits per heavy atom. The van der Waals surface area contributed by atoms with E-state index < -0.39 is 0 Å². The summed E-state index contributed by atoms with van der Waals surface area (Å²) in [7, 11) is 0. The molecule has 1 saturated heterocycles. The summed E-state index contributed by atoms with van der Waals surface area (Å²) < 4.78 is 0. The number of anilines is 1. The van der Waals surface area contributed by atoms with Crippen molar-refractivity contribution in [1.82, 2.24) is 5.32 Å². The van der Waals surface area contributed by atoms with E-state index in [1.165, 1.54) is 37.2 Å². The van der Waals surface area contributed by atoms with Crippen molar-refractivity contribution in [3.63, 3.8) is 0 Å². The molecular formula is C18H30N2. The molecule has 2 nitrogen and oxygen atoms in total. The molecule has 0 amide bonds. The maximum Gasteiger partial charge on any atom is 0.0411 e. The van der Waals surface area contributed by atoms with Gasteiger partial charge in [-0.15, -0.1) is 0 Å². The zero-order chi connectivity index (χ0) is 14.6. The fourth-order valence-electron chi connectivity index (χ4n) is 2.82. The van der Waals surface area contributed by atoms with Crippen LogP contribution in [0.1, 0.15) is 46.1 Å². The van der Waals surface area contributed by atoms with Gasteiger partial charge >= 0.3 is 0 Å². The van der Waals surface area contributed by atoms with Crippen LogP contribution in [0.4, 0.5) is 5.69 Å². The molecule has 112 valence electrons. The normalized spacial score (nSPS) is 18.6. The smallest absolute Gasteiger partial charge is 0.0411 e. The number of nitrogens with zero attached hydrogens (tertiary/aromatic N) is 1. The number of hydrogen-bond donors (Lipinski definition) is 1. The van der Waals surface area contributed by atoms with E-state index in [2.05, 4.69) is 62.2 Å². The molecule has 1 aromatic carbocycles. The molecule has 1 fully saturated rings. The summed E-state index contributed by atoms with van der Waals surface area (Å²) in [6.45, 7) is 13.7. The van der Waals surface area contributed by atoms with Crippen LogP contribution < -0.4 is 10.2 Å². The van der Waals surface area contributed by atoms with Crippen LogP contribution >= 0.6 is 0 Å². The van der Waals surface area contributed by atoms with Crippen LogP contribution in [-0.2, 0) is 6.54 Å². The van der Waals surface area contributed by atoms with E-state index >= 15 is 0 Å². The Kier molecular flexibility index (Phi) is 5.09. The van der Waals surface area contributed by atoms with Crippen molar-refractivity contribution in [2.45, 2.75) is 47.1 Å². The molecule has 1 heterocycles. The molecule has 0 spiro atoms. The lowest BCUT2D eigenvalue weighted by molar-refractivity contribution is 0.279. The van der Waals surface area contributed by atoms with Crippen molar-refractivity contribution in [3.05, 3.63) is 29.8 Å². The highest BCUT2D eigenvalue weighted by Crippen LogP contribution is 2.33. The van der Waals surface area contributed by atoms with Crippen molar-refractivity contribution in [3.8, 4) is 0 Å². The second-order valence-electron chi connectivity index (χ2n) is 7.30. The van der Waals surface area contributed by atoms with Crippen LogP contribution in [-0.4, -0.2) is 19.6 Å². The first-order chi connectivity index (χ1) is 9.48. The molecule has 0 aliphatic carbocycles. The van der Waals surface area contributed by atoms with Gasteiger partial charge in [0.05, 0.1) is 0 Å². The van der Waals surface area contributed by atoms with Gasteiger partial charge in [0.2, 0.25) is 0 Å². The van der Waals surface area contributed by atoms with Crippen molar-refractivity contribution < 1.29 is 0 Å². The first-order valence-corrected chi connectivity index (χ1v) is 8.01. The number of piperidine rings is 1. The summed E-state index contributed by atoms with van der Waals surface area (Å²) in [5, 5.41) is 3.57. The zero-order valence-electron chi connectivity index (χ0n) is 13.6. The number of benzene rings is 1. The average Bonchev–Trinajstić information content (AvgIpc) is 2.39. The fraction of sp³-hybridized carbons (Fsp3) is 0.667. The van der Waals surface area contributed by atoms with Gasteiger partial charge in [-0.25, -0.2) is 0 Å². The van der Waals surface area contributed by atoms with E-state index in [0.29, 0.717) is 11.3 Å². The van der Waals surface area contributed by atoms with E-state index in [-0.39, 0.29) is 0 Å². The van der Waals surface area contributed by atoms with E-state index in [4.69, 9.17) is 0 Å². The summed E-state index contributed by atoms with van der Waals surface area (Å²) in [5.74, 6) is 0.706. The van der Waals surface area contributed by atoms with Crippen molar-refractivity contribution in [2.24, 2.45) is 11.3 Å². The van der Waals surface area contributed by atoms with Crippen LogP contribution in [0, 0.1) is 11.3 Å². The van der Waals surface area contributed by atoms with Gasteiger partial charge < -0.3 is 10.2 Å². The Hall–Kier alpha value is -1.02. The van der Waals surface area contributed by atoms with Crippen LogP contribution in [0.15, 0.2) is 24.3 Å². The third-order valence-corrected chi connectivity index (χ3v) is 4.32. The monoisotopic (exact) mass is 274 g/mol. The second-order valence-corrected chi connectivity index (χ2v) is 7.30. The maximum atomic E-state index is 3.57. The van der Waals surface area contributed by atoms with Crippen LogP contribution in [0.3, 0.4) is 0 Å². The Labute approximate surface area is 124 Å². The molecule has 2 heteroatoms. The first kappa shape index (κ1) is 15.4. The standard InChI is InChI=1S/C18H30N2/c1-15(2)13-19-14-16-7-5-6-8-17(16)20-11-9-18(3,4)10-12-20/h5-8,15,19H,9-14H2,1-4H3. The van der Waals surface area contributed by atoms with E-state index in [1.807, 2.05) is 0 Å². The lowest BCUT2D eigenvalue weighted by Crippen LogP contribution is -2.38. The highest BCUT2D eigenvalue weighted by molar-refractivity contribution is 5.54. The molecule has 1 aliphatic heterocycles. The largest absolute Gasteiger partial charge is 0.371 e. The topological polar surface area (TPSA) is 15.3 Å². The summed E-state index contributed by atoms with van der Waals surface area (Å²) in [6, 6.07) is 8.87. The molecule has 1 aromatic rings. The molecule has 0 aromatic heterocycles. The molecule has 1 N–H and O–H groups in total. The molecule has 2 rings (SSSR count). The van der Waals surface area contributed by atoms with Crippen LogP contribution in [0.25, 0.3) is 0 Å². The van der Waals surface area contributed by atoms with Crippen molar-refractivity contribution >= 4 is 5.69 Å². The molecule has 20 heavy (non-hydrogen) atoms. The second kappa shape index (κ2) is 6.62. The quantitative estimate of drug-likeness (QED) is 0.871. The van der Waals surface area contributed by atoms with Gasteiger partial charge in [-0.3, -0.25) is 0 Å². The van der Waals surface area contributed by atoms with E-state index in [9.17, 15) is 0 Å². The highest BCUT2D eigenvalue weighted by atomic mass is 15.1. The van der Waals surface area contributed by atoms with Gasteiger partial charge in [-0.2, -0.15) is 0 Å². The van der Waals surface area contributed by atoms with Gasteiger partial charge in [0.1, 0.15) is 0 Å². The minimum absolute atomic E-state index is 0.515. The highest BCUT2D eigenvalue weighted by Gasteiger charge is 2.26. The molecule has 0 unspecified atom stereocenters. The van der Waals surface area contributed by atoms with Gasteiger partial charge in [0.25, 0.3) is 0 Å². The summed E-state index contributed by atoms with van der Waals surface area (Å²) in [4.78, 5) is 2.57. The lowest BCUT2D eigenvalue weighted by atomic mass is 9.82. The Morgan fingerprint density at radius 3 is 2.45 bits per heavy atom. The average molecular weight is 274 g/mol. The first-order valence-electron chi connectivity index (χ1n) is 8.01. The SMILES string of the molecule is CC(C)CNCc1ccccc1N1CCC(C)(C)CC1. The number of hydrogen-bond acceptors (Lipinski definition) is 2. The predicted octanol–water partition coefficient (Wildman–Crippen LogP) is 4.06. The minimum Gasteiger partial charge on any atom is -0.371 e. The number of rotatable bonds is 5. The van der Waals surface area contributed by atoms with Gasteiger partial charge in [-0.05, 0) is 42.3 Å². The molecule has 1 aliphatic rings. The molecule has 0 bridgehead atoms. The molecule has 0 saturated carbocycles.